The molecule has 2 heterocycles. The van der Waals surface area contributed by atoms with E-state index in [2.05, 4.69) is 15.7 Å². The highest BCUT2D eigenvalue weighted by atomic mass is 35.5. The van der Waals surface area contributed by atoms with Gasteiger partial charge in [-0.25, -0.2) is 0 Å². The van der Waals surface area contributed by atoms with E-state index >= 15 is 0 Å². The van der Waals surface area contributed by atoms with Crippen molar-refractivity contribution in [1.82, 2.24) is 20.4 Å². The van der Waals surface area contributed by atoms with Crippen LogP contribution >= 0.6 is 12.4 Å². The Bertz CT molecular complexity index is 697. The minimum Gasteiger partial charge on any atom is -0.496 e. The van der Waals surface area contributed by atoms with E-state index in [1.807, 2.05) is 37.4 Å². The van der Waals surface area contributed by atoms with Crippen LogP contribution in [-0.4, -0.2) is 35.9 Å². The molecule has 0 bridgehead atoms. The lowest BCUT2D eigenvalue weighted by atomic mass is 9.87. The molecule has 3 rings (SSSR count). The molecular formula is C18H25ClN4O2. The number of aromatic nitrogens is 2. The predicted octanol–water partition coefficient (Wildman–Crippen LogP) is 2.02. The van der Waals surface area contributed by atoms with E-state index in [0.717, 1.165) is 42.8 Å². The summed E-state index contributed by atoms with van der Waals surface area (Å²) in [7, 11) is 1.65. The molecule has 2 N–H and O–H groups in total. The number of ether oxygens (including phenoxy) is 1. The molecule has 1 aromatic carbocycles. The fourth-order valence-corrected chi connectivity index (χ4v) is 3.26. The number of amides is 1. The number of hydrogen-bond donors (Lipinski definition) is 2. The van der Waals surface area contributed by atoms with E-state index in [9.17, 15) is 4.79 Å². The van der Waals surface area contributed by atoms with Gasteiger partial charge in [-0.2, -0.15) is 5.10 Å². The van der Waals surface area contributed by atoms with Crippen LogP contribution in [-0.2, 0) is 16.9 Å². The van der Waals surface area contributed by atoms with Gasteiger partial charge in [0.05, 0.1) is 7.11 Å². The van der Waals surface area contributed by atoms with E-state index in [4.69, 9.17) is 4.74 Å². The fourth-order valence-electron chi connectivity index (χ4n) is 3.26. The third kappa shape index (κ3) is 3.96. The van der Waals surface area contributed by atoms with Crippen molar-refractivity contribution in [1.29, 1.82) is 0 Å². The zero-order valence-electron chi connectivity index (χ0n) is 14.6. The van der Waals surface area contributed by atoms with Crippen molar-refractivity contribution in [3.63, 3.8) is 0 Å². The van der Waals surface area contributed by atoms with Gasteiger partial charge in [0.1, 0.15) is 11.3 Å². The van der Waals surface area contributed by atoms with Gasteiger partial charge >= 0.3 is 0 Å². The first-order valence-electron chi connectivity index (χ1n) is 8.28. The highest BCUT2D eigenvalue weighted by Gasteiger charge is 2.41. The Morgan fingerprint density at radius 3 is 2.80 bits per heavy atom. The lowest BCUT2D eigenvalue weighted by Crippen LogP contribution is -2.54. The highest BCUT2D eigenvalue weighted by molar-refractivity contribution is 5.85. The molecule has 7 heteroatoms. The normalized spacial score (nSPS) is 15.9. The Kier molecular flexibility index (Phi) is 6.45. The van der Waals surface area contributed by atoms with Gasteiger partial charge in [0.2, 0.25) is 5.91 Å². The molecule has 0 aliphatic carbocycles. The Hall–Kier alpha value is -2.05. The number of carbonyl (C=O) groups is 1. The topological polar surface area (TPSA) is 68.2 Å². The molecule has 6 nitrogen and oxygen atoms in total. The largest absolute Gasteiger partial charge is 0.496 e. The smallest absolute Gasteiger partial charge is 0.248 e. The van der Waals surface area contributed by atoms with E-state index in [-0.39, 0.29) is 18.3 Å². The lowest BCUT2D eigenvalue weighted by molar-refractivity contribution is -0.132. The molecule has 0 saturated carbocycles. The van der Waals surface area contributed by atoms with Gasteiger partial charge in [0, 0.05) is 24.5 Å². The van der Waals surface area contributed by atoms with Crippen LogP contribution in [0.15, 0.2) is 36.7 Å². The Balaban J connectivity index is 0.00000225. The molecule has 0 atom stereocenters. The number of rotatable bonds is 5. The molecule has 1 aliphatic heterocycles. The van der Waals surface area contributed by atoms with Crippen LogP contribution in [0.25, 0.3) is 0 Å². The first-order chi connectivity index (χ1) is 11.7. The van der Waals surface area contributed by atoms with Crippen LogP contribution in [0.4, 0.5) is 0 Å². The molecule has 1 aliphatic rings. The van der Waals surface area contributed by atoms with Crippen molar-refractivity contribution in [2.45, 2.75) is 31.8 Å². The average Bonchev–Trinajstić information content (AvgIpc) is 3.16. The van der Waals surface area contributed by atoms with Crippen LogP contribution in [0.1, 0.15) is 24.0 Å². The number of nitrogens with one attached hydrogen (secondary N) is 2. The molecule has 136 valence electrons. The summed E-state index contributed by atoms with van der Waals surface area (Å²) >= 11 is 0. The van der Waals surface area contributed by atoms with E-state index in [1.54, 1.807) is 18.0 Å². The summed E-state index contributed by atoms with van der Waals surface area (Å²) < 4.78 is 7.22. The monoisotopic (exact) mass is 364 g/mol. The SMILES string of the molecule is COc1cc(C)ccc1CNC(=O)C1(n2cccn2)CCNCC1.Cl. The molecule has 0 spiro atoms. The molecule has 25 heavy (non-hydrogen) atoms. The number of piperidine rings is 1. The van der Waals surface area contributed by atoms with Gasteiger partial charge in [-0.1, -0.05) is 12.1 Å². The van der Waals surface area contributed by atoms with Gasteiger partial charge in [0.25, 0.3) is 0 Å². The summed E-state index contributed by atoms with van der Waals surface area (Å²) in [6.45, 7) is 4.08. The van der Waals surface area contributed by atoms with Gasteiger partial charge < -0.3 is 15.4 Å². The zero-order chi connectivity index (χ0) is 17.0. The van der Waals surface area contributed by atoms with Gasteiger partial charge in [-0.05, 0) is 50.6 Å². The summed E-state index contributed by atoms with van der Waals surface area (Å²) in [6, 6.07) is 7.87. The number of methoxy groups -OCH3 is 1. The lowest BCUT2D eigenvalue weighted by Gasteiger charge is -2.36. The first kappa shape index (κ1) is 19.3. The molecule has 0 radical (unpaired) electrons. The average molecular weight is 365 g/mol. The van der Waals surface area contributed by atoms with Crippen molar-refractivity contribution in [3.8, 4) is 5.75 Å². The third-order valence-corrected chi connectivity index (χ3v) is 4.68. The summed E-state index contributed by atoms with van der Waals surface area (Å²) in [5, 5.41) is 10.7. The fraction of sp³-hybridized carbons (Fsp3) is 0.444. The van der Waals surface area contributed by atoms with Crippen molar-refractivity contribution in [3.05, 3.63) is 47.8 Å². The van der Waals surface area contributed by atoms with E-state index in [0.29, 0.717) is 6.54 Å². The van der Waals surface area contributed by atoms with Gasteiger partial charge in [-0.3, -0.25) is 9.48 Å². The number of aryl methyl sites for hydroxylation is 1. The maximum atomic E-state index is 13.0. The van der Waals surface area contributed by atoms with Gasteiger partial charge in [0.15, 0.2) is 0 Å². The molecule has 1 fully saturated rings. The Morgan fingerprint density at radius 2 is 2.16 bits per heavy atom. The molecule has 0 unspecified atom stereocenters. The Morgan fingerprint density at radius 1 is 1.40 bits per heavy atom. The second-order valence-corrected chi connectivity index (χ2v) is 6.23. The number of carbonyl (C=O) groups excluding carboxylic acids is 1. The molecule has 2 aromatic rings. The molecule has 1 amide bonds. The van der Waals surface area contributed by atoms with Crippen LogP contribution in [0, 0.1) is 6.92 Å². The highest BCUT2D eigenvalue weighted by Crippen LogP contribution is 2.28. The van der Waals surface area contributed by atoms with Crippen molar-refractivity contribution in [2.24, 2.45) is 0 Å². The summed E-state index contributed by atoms with van der Waals surface area (Å²) in [5.41, 5.74) is 1.49. The summed E-state index contributed by atoms with van der Waals surface area (Å²) in [6.07, 6.45) is 5.05. The van der Waals surface area contributed by atoms with Crippen LogP contribution in [0.3, 0.4) is 0 Å². The summed E-state index contributed by atoms with van der Waals surface area (Å²) in [5.74, 6) is 0.809. The van der Waals surface area contributed by atoms with Gasteiger partial charge in [-0.15, -0.1) is 12.4 Å². The second-order valence-electron chi connectivity index (χ2n) is 6.23. The maximum absolute atomic E-state index is 13.0. The second kappa shape index (κ2) is 8.36. The maximum Gasteiger partial charge on any atom is 0.248 e. The van der Waals surface area contributed by atoms with Crippen LogP contribution in [0.2, 0.25) is 0 Å². The number of halogens is 1. The molecular weight excluding hydrogens is 340 g/mol. The number of hydrogen-bond acceptors (Lipinski definition) is 4. The Labute approximate surface area is 154 Å². The molecule has 1 saturated heterocycles. The molecule has 1 aromatic heterocycles. The third-order valence-electron chi connectivity index (χ3n) is 4.68. The first-order valence-corrected chi connectivity index (χ1v) is 8.28. The number of benzene rings is 1. The number of nitrogens with zero attached hydrogens (tertiary/aromatic N) is 2. The standard InChI is InChI=1S/C18H24N4O2.ClH/c1-14-4-5-15(16(12-14)24-2)13-20-17(23)18(6-9-19-10-7-18)22-11-3-8-21-22;/h3-5,8,11-12,19H,6-7,9-10,13H2,1-2H3,(H,20,23);1H. The van der Waals surface area contributed by atoms with Crippen molar-refractivity contribution in [2.75, 3.05) is 20.2 Å². The predicted molar refractivity (Wildman–Crippen MR) is 99.1 cm³/mol. The summed E-state index contributed by atoms with van der Waals surface area (Å²) in [4.78, 5) is 13.0. The van der Waals surface area contributed by atoms with E-state index in [1.165, 1.54) is 0 Å². The van der Waals surface area contributed by atoms with Crippen LogP contribution in [0.5, 0.6) is 5.75 Å². The van der Waals surface area contributed by atoms with Crippen molar-refractivity contribution < 1.29 is 9.53 Å². The van der Waals surface area contributed by atoms with E-state index < -0.39 is 5.54 Å². The zero-order valence-corrected chi connectivity index (χ0v) is 15.4. The minimum atomic E-state index is -0.618. The quantitative estimate of drug-likeness (QED) is 0.851. The van der Waals surface area contributed by atoms with Crippen LogP contribution < -0.4 is 15.4 Å². The minimum absolute atomic E-state index is 0. The van der Waals surface area contributed by atoms with Crippen molar-refractivity contribution >= 4 is 18.3 Å².